The number of nitrogens with one attached hydrogen (secondary N) is 1. The fourth-order valence-corrected chi connectivity index (χ4v) is 6.25. The normalized spacial score (nSPS) is 22.8. The molecule has 35 heavy (non-hydrogen) atoms. The number of benzene rings is 2. The third-order valence-corrected chi connectivity index (χ3v) is 7.96. The van der Waals surface area contributed by atoms with Crippen LogP contribution in [0.15, 0.2) is 48.5 Å². The molecule has 2 atom stereocenters. The summed E-state index contributed by atoms with van der Waals surface area (Å²) in [6.07, 6.45) is 5.87. The van der Waals surface area contributed by atoms with E-state index in [0.717, 1.165) is 53.4 Å². The highest BCUT2D eigenvalue weighted by atomic mass is 16.5. The van der Waals surface area contributed by atoms with Crippen molar-refractivity contribution < 1.29 is 19.1 Å². The van der Waals surface area contributed by atoms with Crippen LogP contribution in [0.3, 0.4) is 0 Å². The molecule has 1 unspecified atom stereocenters. The molecule has 1 saturated carbocycles. The highest BCUT2D eigenvalue weighted by Crippen LogP contribution is 2.43. The minimum atomic E-state index is -0.532. The molecule has 3 aromatic rings. The second-order valence-corrected chi connectivity index (χ2v) is 9.86. The molecule has 7 nitrogen and oxygen atoms in total. The van der Waals surface area contributed by atoms with Crippen molar-refractivity contribution in [2.75, 3.05) is 13.7 Å². The number of methoxy groups -OCH3 is 1. The Morgan fingerprint density at radius 2 is 1.74 bits per heavy atom. The van der Waals surface area contributed by atoms with Crippen LogP contribution >= 0.6 is 0 Å². The quantitative estimate of drug-likeness (QED) is 0.586. The lowest BCUT2D eigenvalue weighted by molar-refractivity contribution is -0.161. The Hall–Kier alpha value is -3.61. The fourth-order valence-electron chi connectivity index (χ4n) is 6.25. The number of nitrogens with zero attached hydrogens (tertiary/aromatic N) is 2. The van der Waals surface area contributed by atoms with Crippen LogP contribution in [0.4, 0.5) is 0 Å². The van der Waals surface area contributed by atoms with Crippen LogP contribution in [0.5, 0.6) is 0 Å². The van der Waals surface area contributed by atoms with Crippen LogP contribution in [-0.2, 0) is 20.7 Å². The molecule has 1 N–H and O–H groups in total. The number of amides is 2. The molecular weight excluding hydrogens is 442 g/mol. The summed E-state index contributed by atoms with van der Waals surface area (Å²) < 4.78 is 4.84. The summed E-state index contributed by atoms with van der Waals surface area (Å²) in [5.74, 6) is -0.369. The molecule has 3 heterocycles. The van der Waals surface area contributed by atoms with Crippen LogP contribution in [0, 0.1) is 0 Å². The molecule has 1 aliphatic carbocycles. The highest BCUT2D eigenvalue weighted by molar-refractivity contribution is 5.98. The van der Waals surface area contributed by atoms with E-state index in [1.165, 1.54) is 13.5 Å². The number of aromatic nitrogens is 1. The van der Waals surface area contributed by atoms with E-state index in [2.05, 4.69) is 11.1 Å². The van der Waals surface area contributed by atoms with Crippen LogP contribution in [0.1, 0.15) is 65.3 Å². The van der Waals surface area contributed by atoms with Gasteiger partial charge in [0.1, 0.15) is 12.6 Å². The van der Waals surface area contributed by atoms with Gasteiger partial charge in [-0.05, 0) is 42.2 Å². The fraction of sp³-hybridized carbons (Fsp3) is 0.393. The van der Waals surface area contributed by atoms with Crippen molar-refractivity contribution in [2.24, 2.45) is 0 Å². The van der Waals surface area contributed by atoms with E-state index in [1.54, 1.807) is 17.0 Å². The zero-order chi connectivity index (χ0) is 24.1. The van der Waals surface area contributed by atoms with Gasteiger partial charge in [-0.1, -0.05) is 49.6 Å². The monoisotopic (exact) mass is 471 g/mol. The first-order chi connectivity index (χ1) is 17.1. The number of ether oxygens (including phenoxy) is 1. The van der Waals surface area contributed by atoms with Gasteiger partial charge in [0, 0.05) is 29.1 Å². The van der Waals surface area contributed by atoms with Gasteiger partial charge in [0.25, 0.3) is 0 Å². The molecule has 180 valence electrons. The van der Waals surface area contributed by atoms with Gasteiger partial charge < -0.3 is 19.5 Å². The standard InChI is InChI=1S/C28H29N3O4/c1-35-28(34)18-13-11-17(12-14-18)26-25-21(20-9-5-6-10-22(20)29-25)15-23-27(33)30(16-24(32)31(23)26)19-7-3-2-4-8-19/h5-6,9-14,19,23,26,29H,2-4,7-8,15-16H2,1H3/t23-,26?/m1/s1. The van der Waals surface area contributed by atoms with Crippen LogP contribution in [0.25, 0.3) is 10.9 Å². The van der Waals surface area contributed by atoms with Gasteiger partial charge in [-0.15, -0.1) is 0 Å². The van der Waals surface area contributed by atoms with Crippen molar-refractivity contribution in [1.29, 1.82) is 0 Å². The largest absolute Gasteiger partial charge is 0.465 e. The van der Waals surface area contributed by atoms with E-state index in [0.29, 0.717) is 12.0 Å². The minimum Gasteiger partial charge on any atom is -0.465 e. The maximum Gasteiger partial charge on any atom is 0.337 e. The Kier molecular flexibility index (Phi) is 5.35. The maximum atomic E-state index is 13.9. The molecule has 7 heteroatoms. The summed E-state index contributed by atoms with van der Waals surface area (Å²) in [6.45, 7) is 0.131. The molecule has 0 radical (unpaired) electrons. The molecule has 1 aromatic heterocycles. The van der Waals surface area contributed by atoms with Gasteiger partial charge in [0.05, 0.1) is 18.7 Å². The van der Waals surface area contributed by atoms with Gasteiger partial charge in [-0.25, -0.2) is 4.79 Å². The number of carbonyl (C=O) groups excluding carboxylic acids is 3. The number of esters is 1. The SMILES string of the molecule is COC(=O)c1ccc(C2c3[nH]c4ccccc4c3C[C@@H]3C(=O)N(C4CCCCC4)CC(=O)N23)cc1. The molecule has 0 spiro atoms. The molecule has 2 aliphatic heterocycles. The molecule has 3 aliphatic rings. The molecule has 2 amide bonds. The smallest absolute Gasteiger partial charge is 0.337 e. The van der Waals surface area contributed by atoms with Crippen molar-refractivity contribution in [3.05, 3.63) is 70.9 Å². The number of piperazine rings is 1. The Labute approximate surface area is 204 Å². The van der Waals surface area contributed by atoms with E-state index < -0.39 is 18.1 Å². The highest BCUT2D eigenvalue weighted by Gasteiger charge is 2.49. The van der Waals surface area contributed by atoms with Gasteiger partial charge >= 0.3 is 5.97 Å². The van der Waals surface area contributed by atoms with Gasteiger partial charge in [-0.3, -0.25) is 9.59 Å². The topological polar surface area (TPSA) is 82.7 Å². The van der Waals surface area contributed by atoms with E-state index in [1.807, 2.05) is 35.2 Å². The first-order valence-corrected chi connectivity index (χ1v) is 12.5. The zero-order valence-corrected chi connectivity index (χ0v) is 19.8. The number of rotatable bonds is 3. The number of H-pyrrole nitrogens is 1. The summed E-state index contributed by atoms with van der Waals surface area (Å²) in [7, 11) is 1.36. The van der Waals surface area contributed by atoms with Crippen LogP contribution in [0.2, 0.25) is 0 Å². The number of hydrogen-bond donors (Lipinski definition) is 1. The number of hydrogen-bond acceptors (Lipinski definition) is 4. The number of para-hydroxylation sites is 1. The first-order valence-electron chi connectivity index (χ1n) is 12.5. The Bertz CT molecular complexity index is 1310. The van der Waals surface area contributed by atoms with E-state index >= 15 is 0 Å². The van der Waals surface area contributed by atoms with Gasteiger partial charge in [0.2, 0.25) is 11.8 Å². The molecule has 6 rings (SSSR count). The Morgan fingerprint density at radius 3 is 2.49 bits per heavy atom. The number of carbonyl (C=O) groups is 3. The Morgan fingerprint density at radius 1 is 1.00 bits per heavy atom. The van der Waals surface area contributed by atoms with Crippen molar-refractivity contribution in [1.82, 2.24) is 14.8 Å². The molecule has 2 aromatic carbocycles. The third-order valence-electron chi connectivity index (χ3n) is 7.96. The maximum absolute atomic E-state index is 13.9. The number of fused-ring (bicyclic) bond motifs is 4. The average Bonchev–Trinajstić information content (AvgIpc) is 3.28. The predicted molar refractivity (Wildman–Crippen MR) is 131 cm³/mol. The lowest BCUT2D eigenvalue weighted by atomic mass is 9.85. The lowest BCUT2D eigenvalue weighted by Gasteiger charge is -2.49. The second kappa shape index (κ2) is 8.56. The third kappa shape index (κ3) is 3.52. The van der Waals surface area contributed by atoms with E-state index in [-0.39, 0.29) is 24.4 Å². The first kappa shape index (κ1) is 21.9. The van der Waals surface area contributed by atoms with Crippen LogP contribution in [-0.4, -0.2) is 58.3 Å². The van der Waals surface area contributed by atoms with Crippen LogP contribution < -0.4 is 0 Å². The van der Waals surface area contributed by atoms with Gasteiger partial charge in [0.15, 0.2) is 0 Å². The minimum absolute atomic E-state index is 0.0217. The summed E-state index contributed by atoms with van der Waals surface area (Å²) >= 11 is 0. The molecular formula is C28H29N3O4. The summed E-state index contributed by atoms with van der Waals surface area (Å²) in [5, 5.41) is 1.09. The second-order valence-electron chi connectivity index (χ2n) is 9.86. The zero-order valence-electron chi connectivity index (χ0n) is 19.8. The molecule has 0 bridgehead atoms. The molecule has 1 saturated heterocycles. The summed E-state index contributed by atoms with van der Waals surface area (Å²) in [6, 6.07) is 14.5. The van der Waals surface area contributed by atoms with Gasteiger partial charge in [-0.2, -0.15) is 0 Å². The van der Waals surface area contributed by atoms with Crippen molar-refractivity contribution in [3.63, 3.8) is 0 Å². The summed E-state index contributed by atoms with van der Waals surface area (Å²) in [4.78, 5) is 46.8. The van der Waals surface area contributed by atoms with E-state index in [4.69, 9.17) is 4.74 Å². The summed E-state index contributed by atoms with van der Waals surface area (Å²) in [5.41, 5.74) is 4.35. The predicted octanol–water partition coefficient (Wildman–Crippen LogP) is 3.97. The van der Waals surface area contributed by atoms with E-state index in [9.17, 15) is 14.4 Å². The average molecular weight is 472 g/mol. The lowest BCUT2D eigenvalue weighted by Crippen LogP contribution is -2.65. The van der Waals surface area contributed by atoms with Crippen molar-refractivity contribution >= 4 is 28.7 Å². The van der Waals surface area contributed by atoms with Crippen molar-refractivity contribution in [2.45, 2.75) is 56.7 Å². The molecule has 2 fully saturated rings. The number of aromatic amines is 1. The van der Waals surface area contributed by atoms with Crippen molar-refractivity contribution in [3.8, 4) is 0 Å². The Balaban J connectivity index is 1.46.